The van der Waals surface area contributed by atoms with E-state index in [9.17, 15) is 9.59 Å². The number of amides is 1. The summed E-state index contributed by atoms with van der Waals surface area (Å²) in [6, 6.07) is 10.9. The van der Waals surface area contributed by atoms with E-state index in [-0.39, 0.29) is 17.1 Å². The monoisotopic (exact) mass is 431 g/mol. The van der Waals surface area contributed by atoms with Crippen LogP contribution in [0.1, 0.15) is 65.0 Å². The van der Waals surface area contributed by atoms with Crippen molar-refractivity contribution < 1.29 is 13.9 Å². The van der Waals surface area contributed by atoms with Crippen LogP contribution in [0.2, 0.25) is 0 Å². The summed E-state index contributed by atoms with van der Waals surface area (Å²) in [4.78, 5) is 28.6. The van der Waals surface area contributed by atoms with Crippen LogP contribution in [0.5, 0.6) is 5.75 Å². The first-order chi connectivity index (χ1) is 15.5. The van der Waals surface area contributed by atoms with Crippen molar-refractivity contribution in [1.29, 1.82) is 0 Å². The Morgan fingerprint density at radius 2 is 1.97 bits per heavy atom. The molecule has 0 saturated carbocycles. The van der Waals surface area contributed by atoms with Crippen LogP contribution >= 0.6 is 0 Å². The lowest BCUT2D eigenvalue weighted by Crippen LogP contribution is -2.29. The van der Waals surface area contributed by atoms with Crippen LogP contribution in [0.25, 0.3) is 11.0 Å². The number of ether oxygens (including phenoxy) is 1. The summed E-state index contributed by atoms with van der Waals surface area (Å²) in [5.41, 5.74) is 3.33. The zero-order valence-corrected chi connectivity index (χ0v) is 18.9. The standard InChI is InChI=1S/C27H29NO4/c1-5-7-8-13-31-20-11-9-10-19(16-20)24-23-25(29)22-18(4)14-17(3)15-21(22)32-26(23)27(30)28(24)12-6-2/h6,9-11,14-16,24H,2,5,7-8,12-13H2,1,3-4H3. The van der Waals surface area contributed by atoms with Gasteiger partial charge in [-0.1, -0.05) is 44.0 Å². The van der Waals surface area contributed by atoms with Crippen molar-refractivity contribution in [2.24, 2.45) is 0 Å². The van der Waals surface area contributed by atoms with Gasteiger partial charge in [0, 0.05) is 6.54 Å². The van der Waals surface area contributed by atoms with E-state index in [1.807, 2.05) is 50.2 Å². The summed E-state index contributed by atoms with van der Waals surface area (Å²) in [7, 11) is 0. The minimum Gasteiger partial charge on any atom is -0.494 e. The van der Waals surface area contributed by atoms with Gasteiger partial charge in [-0.05, 0) is 55.2 Å². The van der Waals surface area contributed by atoms with Crippen LogP contribution in [-0.2, 0) is 0 Å². The van der Waals surface area contributed by atoms with Crippen LogP contribution in [0.3, 0.4) is 0 Å². The molecule has 166 valence electrons. The van der Waals surface area contributed by atoms with Gasteiger partial charge in [0.25, 0.3) is 5.91 Å². The largest absolute Gasteiger partial charge is 0.494 e. The molecule has 2 heterocycles. The van der Waals surface area contributed by atoms with E-state index in [4.69, 9.17) is 9.15 Å². The molecule has 2 aromatic carbocycles. The van der Waals surface area contributed by atoms with Crippen LogP contribution in [-0.4, -0.2) is 24.0 Å². The van der Waals surface area contributed by atoms with Crippen LogP contribution in [0.15, 0.2) is 58.3 Å². The van der Waals surface area contributed by atoms with E-state index >= 15 is 0 Å². The Hall–Kier alpha value is -3.34. The first-order valence-electron chi connectivity index (χ1n) is 11.2. The number of aryl methyl sites for hydroxylation is 2. The van der Waals surface area contributed by atoms with Crippen molar-refractivity contribution in [3.05, 3.63) is 87.3 Å². The number of carbonyl (C=O) groups excluding carboxylic acids is 1. The second-order valence-electron chi connectivity index (χ2n) is 8.41. The smallest absolute Gasteiger partial charge is 0.291 e. The Balaban J connectivity index is 1.84. The van der Waals surface area contributed by atoms with Crippen LogP contribution < -0.4 is 10.2 Å². The SMILES string of the molecule is C=CCN1C(=O)c2oc3cc(C)cc(C)c3c(=O)c2C1c1cccc(OCCCCC)c1. The molecule has 0 spiro atoms. The highest BCUT2D eigenvalue weighted by atomic mass is 16.5. The van der Waals surface area contributed by atoms with E-state index in [1.54, 1.807) is 11.0 Å². The number of nitrogens with zero attached hydrogens (tertiary/aromatic N) is 1. The third-order valence-electron chi connectivity index (χ3n) is 5.93. The van der Waals surface area contributed by atoms with E-state index in [0.29, 0.717) is 29.7 Å². The van der Waals surface area contributed by atoms with Gasteiger partial charge in [-0.15, -0.1) is 6.58 Å². The van der Waals surface area contributed by atoms with Crippen molar-refractivity contribution >= 4 is 16.9 Å². The Kier molecular flexibility index (Phi) is 6.17. The Labute approximate surface area is 188 Å². The molecule has 0 radical (unpaired) electrons. The molecule has 0 aliphatic carbocycles. The molecule has 1 unspecified atom stereocenters. The molecular formula is C27H29NO4. The highest BCUT2D eigenvalue weighted by Gasteiger charge is 2.42. The molecule has 3 aromatic rings. The van der Waals surface area contributed by atoms with Gasteiger partial charge in [0.05, 0.1) is 23.6 Å². The number of carbonyl (C=O) groups is 1. The molecule has 1 aliphatic heterocycles. The lowest BCUT2D eigenvalue weighted by atomic mass is 9.96. The van der Waals surface area contributed by atoms with Crippen molar-refractivity contribution in [3.63, 3.8) is 0 Å². The lowest BCUT2D eigenvalue weighted by Gasteiger charge is -2.24. The maximum Gasteiger partial charge on any atom is 0.291 e. The normalized spacial score (nSPS) is 15.3. The molecule has 1 aliphatic rings. The summed E-state index contributed by atoms with van der Waals surface area (Å²) in [6.45, 7) is 10.7. The molecule has 4 rings (SSSR count). The molecule has 1 atom stereocenters. The maximum atomic E-state index is 13.7. The Bertz CT molecular complexity index is 1240. The van der Waals surface area contributed by atoms with E-state index in [2.05, 4.69) is 13.5 Å². The minimum absolute atomic E-state index is 0.119. The molecule has 1 aromatic heterocycles. The highest BCUT2D eigenvalue weighted by Crippen LogP contribution is 2.39. The Morgan fingerprint density at radius 3 is 2.72 bits per heavy atom. The van der Waals surface area contributed by atoms with Gasteiger partial charge in [0.2, 0.25) is 5.76 Å². The second kappa shape index (κ2) is 9.03. The number of benzene rings is 2. The molecule has 0 bridgehead atoms. The lowest BCUT2D eigenvalue weighted by molar-refractivity contribution is 0.0748. The number of rotatable bonds is 8. The average Bonchev–Trinajstić information content (AvgIpc) is 3.03. The van der Waals surface area contributed by atoms with E-state index in [1.165, 1.54) is 0 Å². The van der Waals surface area contributed by atoms with Gasteiger partial charge in [-0.3, -0.25) is 9.59 Å². The van der Waals surface area contributed by atoms with Gasteiger partial charge in [-0.2, -0.15) is 0 Å². The van der Waals surface area contributed by atoms with Gasteiger partial charge in [0.1, 0.15) is 11.3 Å². The summed E-state index contributed by atoms with van der Waals surface area (Å²) in [6.07, 6.45) is 4.90. The number of hydrogen-bond acceptors (Lipinski definition) is 4. The van der Waals surface area contributed by atoms with Crippen molar-refractivity contribution in [2.75, 3.05) is 13.2 Å². The first-order valence-corrected chi connectivity index (χ1v) is 11.2. The molecule has 0 N–H and O–H groups in total. The van der Waals surface area contributed by atoms with Crippen LogP contribution in [0, 0.1) is 13.8 Å². The molecule has 0 saturated heterocycles. The topological polar surface area (TPSA) is 59.8 Å². The van der Waals surface area contributed by atoms with Gasteiger partial charge in [0.15, 0.2) is 5.43 Å². The number of fused-ring (bicyclic) bond motifs is 2. The van der Waals surface area contributed by atoms with Crippen molar-refractivity contribution in [3.8, 4) is 5.75 Å². The summed E-state index contributed by atoms with van der Waals surface area (Å²) < 4.78 is 12.0. The van der Waals surface area contributed by atoms with E-state index in [0.717, 1.165) is 41.7 Å². The number of hydrogen-bond donors (Lipinski definition) is 0. The first kappa shape index (κ1) is 21.9. The van der Waals surface area contributed by atoms with Gasteiger partial charge >= 0.3 is 0 Å². The molecule has 5 heteroatoms. The fraction of sp³-hybridized carbons (Fsp3) is 0.333. The summed E-state index contributed by atoms with van der Waals surface area (Å²) >= 11 is 0. The third kappa shape index (κ3) is 3.83. The minimum atomic E-state index is -0.545. The molecule has 0 fully saturated rings. The predicted molar refractivity (Wildman–Crippen MR) is 126 cm³/mol. The quantitative estimate of drug-likeness (QED) is 0.339. The van der Waals surface area contributed by atoms with Crippen molar-refractivity contribution in [2.45, 2.75) is 46.1 Å². The van der Waals surface area contributed by atoms with Gasteiger partial charge < -0.3 is 14.1 Å². The zero-order valence-electron chi connectivity index (χ0n) is 18.9. The Morgan fingerprint density at radius 1 is 1.16 bits per heavy atom. The van der Waals surface area contributed by atoms with Gasteiger partial charge in [-0.25, -0.2) is 0 Å². The molecule has 1 amide bonds. The molecule has 32 heavy (non-hydrogen) atoms. The predicted octanol–water partition coefficient (Wildman–Crippen LogP) is 5.71. The maximum absolute atomic E-state index is 13.7. The average molecular weight is 432 g/mol. The second-order valence-corrected chi connectivity index (χ2v) is 8.41. The van der Waals surface area contributed by atoms with Crippen molar-refractivity contribution in [1.82, 2.24) is 4.90 Å². The van der Waals surface area contributed by atoms with Crippen LogP contribution in [0.4, 0.5) is 0 Å². The summed E-state index contributed by atoms with van der Waals surface area (Å²) in [5, 5.41) is 0.527. The summed E-state index contributed by atoms with van der Waals surface area (Å²) in [5.74, 6) is 0.556. The third-order valence-corrected chi connectivity index (χ3v) is 5.93. The fourth-order valence-corrected chi connectivity index (χ4v) is 4.50. The molecule has 5 nitrogen and oxygen atoms in total. The van der Waals surface area contributed by atoms with E-state index < -0.39 is 6.04 Å². The zero-order chi connectivity index (χ0) is 22.8. The molecular weight excluding hydrogens is 402 g/mol. The highest BCUT2D eigenvalue weighted by molar-refractivity contribution is 5.99. The number of unbranched alkanes of at least 4 members (excludes halogenated alkanes) is 2. The fourth-order valence-electron chi connectivity index (χ4n) is 4.50.